The Morgan fingerprint density at radius 2 is 1.83 bits per heavy atom. The molecule has 0 spiro atoms. The highest BCUT2D eigenvalue weighted by atomic mass is 19.1. The van der Waals surface area contributed by atoms with Crippen molar-refractivity contribution in [2.24, 2.45) is 11.1 Å². The number of carbonyl (C=O) groups excluding carboxylic acids is 1. The number of hydrogen-bond acceptors (Lipinski definition) is 5. The average Bonchev–Trinajstić information content (AvgIpc) is 3.21. The number of aliphatic hydroxyl groups is 1. The van der Waals surface area contributed by atoms with Gasteiger partial charge in [0, 0.05) is 6.54 Å². The first kappa shape index (κ1) is 27.3. The van der Waals surface area contributed by atoms with Crippen molar-refractivity contribution in [3.8, 4) is 11.4 Å². The molecule has 3 rings (SSSR count). The molecule has 0 aliphatic rings. The maximum atomic E-state index is 14.7. The van der Waals surface area contributed by atoms with Crippen LogP contribution in [0.15, 0.2) is 48.5 Å². The van der Waals surface area contributed by atoms with E-state index >= 15 is 0 Å². The number of alkyl halides is 1. The van der Waals surface area contributed by atoms with Crippen molar-refractivity contribution in [1.29, 1.82) is 0 Å². The van der Waals surface area contributed by atoms with Crippen molar-refractivity contribution in [3.63, 3.8) is 0 Å². The standard InChI is InChI=1S/C26H32F3N5O2/c1-16(35)25(36)33(15-19(28)13-30)22(26(2,3)4)24-31-23(20-12-18(27)10-11-21(20)29)32-34(24)14-17-8-6-5-7-9-17/h5-12,16,19,22,35H,13-15,30H2,1-4H3/t16-,19?,22-/m0/s1. The molecule has 0 bridgehead atoms. The van der Waals surface area contributed by atoms with Crippen LogP contribution in [0.5, 0.6) is 0 Å². The summed E-state index contributed by atoms with van der Waals surface area (Å²) in [6.07, 6.45) is -2.96. The van der Waals surface area contributed by atoms with Crippen LogP contribution >= 0.6 is 0 Å². The molecule has 1 heterocycles. The monoisotopic (exact) mass is 503 g/mol. The molecule has 0 saturated heterocycles. The first-order chi connectivity index (χ1) is 16.9. The molecule has 3 N–H and O–H groups in total. The number of amides is 1. The lowest BCUT2D eigenvalue weighted by Crippen LogP contribution is -2.49. The first-order valence-electron chi connectivity index (χ1n) is 11.7. The lowest BCUT2D eigenvalue weighted by atomic mass is 9.84. The van der Waals surface area contributed by atoms with Crippen molar-refractivity contribution in [1.82, 2.24) is 19.7 Å². The molecule has 1 unspecified atom stereocenters. The Balaban J connectivity index is 2.24. The minimum Gasteiger partial charge on any atom is -0.384 e. The second kappa shape index (κ2) is 11.2. The SMILES string of the molecule is C[C@H](O)C(=O)N(CC(F)CN)[C@@H](c1nc(-c2cc(F)ccc2F)nn1Cc1ccccc1)C(C)(C)C. The number of nitrogens with two attached hydrogens (primary N) is 1. The topological polar surface area (TPSA) is 97.3 Å². The van der Waals surface area contributed by atoms with Gasteiger partial charge in [0.05, 0.1) is 24.7 Å². The molecule has 1 aromatic heterocycles. The van der Waals surface area contributed by atoms with Gasteiger partial charge in [-0.25, -0.2) is 22.8 Å². The summed E-state index contributed by atoms with van der Waals surface area (Å²) in [5.41, 5.74) is 5.48. The van der Waals surface area contributed by atoms with Gasteiger partial charge in [-0.15, -0.1) is 0 Å². The Morgan fingerprint density at radius 3 is 2.42 bits per heavy atom. The zero-order chi connectivity index (χ0) is 26.6. The molecule has 2 aromatic carbocycles. The van der Waals surface area contributed by atoms with Crippen LogP contribution in [-0.4, -0.2) is 56.0 Å². The normalized spacial score (nSPS) is 14.4. The third-order valence-electron chi connectivity index (χ3n) is 5.71. The van der Waals surface area contributed by atoms with Crippen LogP contribution in [0, 0.1) is 17.0 Å². The van der Waals surface area contributed by atoms with Gasteiger partial charge >= 0.3 is 0 Å². The third-order valence-corrected chi connectivity index (χ3v) is 5.71. The Hall–Kier alpha value is -3.24. The highest BCUT2D eigenvalue weighted by Crippen LogP contribution is 2.39. The summed E-state index contributed by atoms with van der Waals surface area (Å²) >= 11 is 0. The van der Waals surface area contributed by atoms with Crippen LogP contribution in [0.25, 0.3) is 11.4 Å². The summed E-state index contributed by atoms with van der Waals surface area (Å²) in [4.78, 5) is 18.9. The highest BCUT2D eigenvalue weighted by Gasteiger charge is 2.40. The zero-order valence-electron chi connectivity index (χ0n) is 20.8. The van der Waals surface area contributed by atoms with Crippen LogP contribution in [0.2, 0.25) is 0 Å². The Kier molecular flexibility index (Phi) is 8.52. The molecular formula is C26H32F3N5O2. The minimum atomic E-state index is -1.55. The fraction of sp³-hybridized carbons (Fsp3) is 0.423. The van der Waals surface area contributed by atoms with Gasteiger partial charge in [-0.3, -0.25) is 4.79 Å². The molecule has 3 aromatic rings. The quantitative estimate of drug-likeness (QED) is 0.462. The van der Waals surface area contributed by atoms with E-state index in [1.165, 1.54) is 16.5 Å². The van der Waals surface area contributed by atoms with E-state index in [0.717, 1.165) is 23.8 Å². The second-order valence-corrected chi connectivity index (χ2v) is 9.83. The van der Waals surface area contributed by atoms with Crippen LogP contribution in [0.3, 0.4) is 0 Å². The van der Waals surface area contributed by atoms with E-state index in [-0.39, 0.29) is 36.8 Å². The zero-order valence-corrected chi connectivity index (χ0v) is 20.8. The fourth-order valence-electron chi connectivity index (χ4n) is 4.06. The number of carbonyl (C=O) groups is 1. The molecule has 1 amide bonds. The lowest BCUT2D eigenvalue weighted by Gasteiger charge is -2.40. The van der Waals surface area contributed by atoms with Gasteiger partial charge in [0.1, 0.15) is 23.9 Å². The molecular weight excluding hydrogens is 471 g/mol. The van der Waals surface area contributed by atoms with E-state index in [1.54, 1.807) is 0 Å². The predicted octanol–water partition coefficient (Wildman–Crippen LogP) is 3.87. The minimum absolute atomic E-state index is 0.0766. The largest absolute Gasteiger partial charge is 0.384 e. The van der Waals surface area contributed by atoms with Crippen molar-refractivity contribution in [3.05, 3.63) is 71.6 Å². The molecule has 0 fully saturated rings. The van der Waals surface area contributed by atoms with Gasteiger partial charge in [0.15, 0.2) is 11.6 Å². The van der Waals surface area contributed by atoms with E-state index in [9.17, 15) is 23.1 Å². The van der Waals surface area contributed by atoms with Gasteiger partial charge in [-0.2, -0.15) is 5.10 Å². The molecule has 3 atom stereocenters. The molecule has 10 heteroatoms. The fourth-order valence-corrected chi connectivity index (χ4v) is 4.06. The van der Waals surface area contributed by atoms with Crippen LogP contribution in [0.4, 0.5) is 13.2 Å². The number of aromatic nitrogens is 3. The predicted molar refractivity (Wildman–Crippen MR) is 130 cm³/mol. The molecule has 7 nitrogen and oxygen atoms in total. The smallest absolute Gasteiger partial charge is 0.251 e. The Labute approximate surface area is 208 Å². The molecule has 36 heavy (non-hydrogen) atoms. The van der Waals surface area contributed by atoms with Crippen molar-refractivity contribution in [2.45, 2.75) is 52.6 Å². The van der Waals surface area contributed by atoms with Gasteiger partial charge < -0.3 is 15.7 Å². The summed E-state index contributed by atoms with van der Waals surface area (Å²) in [7, 11) is 0. The highest BCUT2D eigenvalue weighted by molar-refractivity contribution is 5.80. The molecule has 0 aliphatic heterocycles. The summed E-state index contributed by atoms with van der Waals surface area (Å²) < 4.78 is 44.7. The van der Waals surface area contributed by atoms with Crippen molar-refractivity contribution in [2.75, 3.05) is 13.1 Å². The summed E-state index contributed by atoms with van der Waals surface area (Å²) in [5, 5.41) is 14.6. The van der Waals surface area contributed by atoms with Crippen molar-refractivity contribution < 1.29 is 23.1 Å². The molecule has 0 saturated carbocycles. The van der Waals surface area contributed by atoms with Crippen LogP contribution in [0.1, 0.15) is 45.1 Å². The maximum Gasteiger partial charge on any atom is 0.251 e. The molecule has 0 aliphatic carbocycles. The van der Waals surface area contributed by atoms with E-state index in [2.05, 4.69) is 10.1 Å². The molecule has 194 valence electrons. The van der Waals surface area contributed by atoms with E-state index < -0.39 is 41.3 Å². The number of rotatable bonds is 9. The summed E-state index contributed by atoms with van der Waals surface area (Å²) in [5.74, 6) is -1.92. The average molecular weight is 504 g/mol. The number of hydrogen-bond donors (Lipinski definition) is 2. The van der Waals surface area contributed by atoms with Crippen LogP contribution < -0.4 is 5.73 Å². The third kappa shape index (κ3) is 6.30. The van der Waals surface area contributed by atoms with Gasteiger partial charge in [-0.05, 0) is 36.1 Å². The Morgan fingerprint density at radius 1 is 1.17 bits per heavy atom. The van der Waals surface area contributed by atoms with Gasteiger partial charge in [-0.1, -0.05) is 51.1 Å². The number of nitrogens with zero attached hydrogens (tertiary/aromatic N) is 4. The second-order valence-electron chi connectivity index (χ2n) is 9.83. The van der Waals surface area contributed by atoms with E-state index in [4.69, 9.17) is 5.73 Å². The first-order valence-corrected chi connectivity index (χ1v) is 11.7. The van der Waals surface area contributed by atoms with E-state index in [1.807, 2.05) is 51.1 Å². The number of aliphatic hydroxyl groups excluding tert-OH is 1. The van der Waals surface area contributed by atoms with Gasteiger partial charge in [0.2, 0.25) is 0 Å². The maximum absolute atomic E-state index is 14.7. The van der Waals surface area contributed by atoms with Crippen molar-refractivity contribution >= 4 is 5.91 Å². The number of benzene rings is 2. The van der Waals surface area contributed by atoms with Crippen LogP contribution in [-0.2, 0) is 11.3 Å². The number of halogens is 3. The lowest BCUT2D eigenvalue weighted by molar-refractivity contribution is -0.146. The van der Waals surface area contributed by atoms with E-state index in [0.29, 0.717) is 0 Å². The molecule has 0 radical (unpaired) electrons. The van der Waals surface area contributed by atoms with Gasteiger partial charge in [0.25, 0.3) is 5.91 Å². The summed E-state index contributed by atoms with van der Waals surface area (Å²) in [6.45, 7) is 6.30. The summed E-state index contributed by atoms with van der Waals surface area (Å²) in [6, 6.07) is 11.4. The Bertz CT molecular complexity index is 1180.